The molecule has 1 fully saturated rings. The third kappa shape index (κ3) is 5.33. The van der Waals surface area contributed by atoms with Crippen LogP contribution >= 0.6 is 0 Å². The van der Waals surface area contributed by atoms with Crippen LogP contribution in [-0.2, 0) is 11.2 Å². The zero-order valence-electron chi connectivity index (χ0n) is 17.3. The Labute approximate surface area is 175 Å². The molecule has 2 aromatic rings. The number of rotatable bonds is 7. The number of nitro benzene ring substituents is 1. The van der Waals surface area contributed by atoms with Crippen molar-refractivity contribution in [3.8, 4) is 0 Å². The Morgan fingerprint density at radius 2 is 1.83 bits per heavy atom. The van der Waals surface area contributed by atoms with Crippen LogP contribution < -0.4 is 10.2 Å². The second-order valence-corrected chi connectivity index (χ2v) is 7.51. The van der Waals surface area contributed by atoms with Crippen molar-refractivity contribution in [2.45, 2.75) is 26.3 Å². The van der Waals surface area contributed by atoms with Crippen LogP contribution in [0.5, 0.6) is 0 Å². The summed E-state index contributed by atoms with van der Waals surface area (Å²) in [6.45, 7) is 8.61. The second-order valence-electron chi connectivity index (χ2n) is 7.51. The van der Waals surface area contributed by atoms with Gasteiger partial charge in [0.1, 0.15) is 5.82 Å². The lowest BCUT2D eigenvalue weighted by molar-refractivity contribution is -0.384. The molecule has 0 saturated carbocycles. The first-order chi connectivity index (χ1) is 14.4. The molecule has 2 aromatic carbocycles. The van der Waals surface area contributed by atoms with Crippen LogP contribution in [0.25, 0.3) is 0 Å². The summed E-state index contributed by atoms with van der Waals surface area (Å²) >= 11 is 0. The van der Waals surface area contributed by atoms with E-state index in [1.165, 1.54) is 24.3 Å². The Hall–Kier alpha value is -3.00. The van der Waals surface area contributed by atoms with Gasteiger partial charge in [-0.25, -0.2) is 4.39 Å². The number of non-ortho nitro benzene ring substituents is 1. The number of likely N-dealkylation sites (N-methyl/N-ethyl adjacent to an activating group) is 1. The molecule has 1 N–H and O–H groups in total. The molecule has 1 atom stereocenters. The van der Waals surface area contributed by atoms with Crippen molar-refractivity contribution in [1.82, 2.24) is 10.2 Å². The average Bonchev–Trinajstić information content (AvgIpc) is 2.74. The van der Waals surface area contributed by atoms with Gasteiger partial charge in [-0.3, -0.25) is 14.9 Å². The summed E-state index contributed by atoms with van der Waals surface area (Å²) in [5.74, 6) is -0.556. The van der Waals surface area contributed by atoms with E-state index in [0.717, 1.165) is 44.0 Å². The summed E-state index contributed by atoms with van der Waals surface area (Å²) in [7, 11) is 0. The maximum Gasteiger partial charge on any atom is 0.269 e. The molecule has 0 bridgehead atoms. The van der Waals surface area contributed by atoms with Crippen LogP contribution in [0.2, 0.25) is 0 Å². The molecule has 1 saturated heterocycles. The first-order valence-corrected chi connectivity index (χ1v) is 10.2. The van der Waals surface area contributed by atoms with Gasteiger partial charge in [-0.1, -0.05) is 19.1 Å². The number of hydrogen-bond acceptors (Lipinski definition) is 5. The molecule has 1 aliphatic heterocycles. The quantitative estimate of drug-likeness (QED) is 0.556. The number of hydrogen-bond donors (Lipinski definition) is 1. The van der Waals surface area contributed by atoms with E-state index in [1.54, 1.807) is 18.2 Å². The van der Waals surface area contributed by atoms with Gasteiger partial charge >= 0.3 is 0 Å². The zero-order chi connectivity index (χ0) is 21.7. The number of amides is 1. The number of benzene rings is 2. The Morgan fingerprint density at radius 1 is 1.17 bits per heavy atom. The Bertz CT molecular complexity index is 896. The third-order valence-corrected chi connectivity index (χ3v) is 5.51. The molecule has 0 aromatic heterocycles. The summed E-state index contributed by atoms with van der Waals surface area (Å²) in [6, 6.07) is 10.3. The van der Waals surface area contributed by atoms with Gasteiger partial charge in [-0.15, -0.1) is 0 Å². The van der Waals surface area contributed by atoms with Gasteiger partial charge in [-0.05, 0) is 37.2 Å². The highest BCUT2D eigenvalue weighted by Gasteiger charge is 2.22. The number of halogens is 1. The van der Waals surface area contributed by atoms with Crippen molar-refractivity contribution in [2.75, 3.05) is 37.6 Å². The minimum atomic E-state index is -0.474. The summed E-state index contributed by atoms with van der Waals surface area (Å²) in [5, 5.41) is 13.7. The molecule has 30 heavy (non-hydrogen) atoms. The number of carbonyl (C=O) groups excluding carboxylic acids is 1. The van der Waals surface area contributed by atoms with Crippen LogP contribution in [0.4, 0.5) is 15.8 Å². The fourth-order valence-corrected chi connectivity index (χ4v) is 3.76. The minimum Gasteiger partial charge on any atom is -0.369 e. The molecule has 1 aliphatic rings. The van der Waals surface area contributed by atoms with Gasteiger partial charge in [0.2, 0.25) is 5.91 Å². The van der Waals surface area contributed by atoms with E-state index in [2.05, 4.69) is 22.0 Å². The smallest absolute Gasteiger partial charge is 0.269 e. The topological polar surface area (TPSA) is 78.7 Å². The first-order valence-electron chi connectivity index (χ1n) is 10.2. The average molecular weight is 414 g/mol. The van der Waals surface area contributed by atoms with E-state index >= 15 is 0 Å². The first kappa shape index (κ1) is 21.7. The van der Waals surface area contributed by atoms with Gasteiger partial charge < -0.3 is 15.1 Å². The normalized spacial score (nSPS) is 15.6. The molecule has 3 rings (SSSR count). The van der Waals surface area contributed by atoms with Crippen molar-refractivity contribution in [3.05, 3.63) is 69.5 Å². The Balaban J connectivity index is 1.68. The summed E-state index contributed by atoms with van der Waals surface area (Å²) < 4.78 is 14.0. The highest BCUT2D eigenvalue weighted by atomic mass is 19.1. The van der Waals surface area contributed by atoms with Crippen LogP contribution in [0, 0.1) is 15.9 Å². The van der Waals surface area contributed by atoms with Crippen molar-refractivity contribution in [1.29, 1.82) is 0 Å². The van der Waals surface area contributed by atoms with E-state index < -0.39 is 4.92 Å². The van der Waals surface area contributed by atoms with Crippen LogP contribution in [-0.4, -0.2) is 48.5 Å². The molecule has 8 heteroatoms. The monoisotopic (exact) mass is 414 g/mol. The third-order valence-electron chi connectivity index (χ3n) is 5.51. The number of anilines is 1. The van der Waals surface area contributed by atoms with Crippen molar-refractivity contribution in [2.24, 2.45) is 0 Å². The molecule has 160 valence electrons. The van der Waals surface area contributed by atoms with Gasteiger partial charge in [-0.2, -0.15) is 0 Å². The minimum absolute atomic E-state index is 0.0138. The molecule has 1 amide bonds. The standard InChI is InChI=1S/C22H27FN4O3/c1-3-25-10-12-26(13-11-25)21-9-6-18(23)15-20(21)16(2)24-22(28)14-17-4-7-19(8-5-17)27(29)30/h4-9,15-16H,3,10-14H2,1-2H3,(H,24,28). The molecular formula is C22H27FN4O3. The molecule has 7 nitrogen and oxygen atoms in total. The fraction of sp³-hybridized carbons (Fsp3) is 0.409. The van der Waals surface area contributed by atoms with Crippen molar-refractivity contribution in [3.63, 3.8) is 0 Å². The summed E-state index contributed by atoms with van der Waals surface area (Å²) in [5.41, 5.74) is 2.35. The number of piperazine rings is 1. The van der Waals surface area contributed by atoms with E-state index in [-0.39, 0.29) is 29.9 Å². The highest BCUT2D eigenvalue weighted by Crippen LogP contribution is 2.28. The Morgan fingerprint density at radius 3 is 2.43 bits per heavy atom. The fourth-order valence-electron chi connectivity index (χ4n) is 3.76. The van der Waals surface area contributed by atoms with Crippen LogP contribution in [0.3, 0.4) is 0 Å². The van der Waals surface area contributed by atoms with Crippen molar-refractivity contribution < 1.29 is 14.1 Å². The molecular weight excluding hydrogens is 387 g/mol. The maximum atomic E-state index is 14.0. The van der Waals surface area contributed by atoms with Gasteiger partial charge in [0.15, 0.2) is 0 Å². The number of nitro groups is 1. The van der Waals surface area contributed by atoms with Gasteiger partial charge in [0.25, 0.3) is 5.69 Å². The summed E-state index contributed by atoms with van der Waals surface area (Å²) in [6.07, 6.45) is 0.0994. The van der Waals surface area contributed by atoms with E-state index in [9.17, 15) is 19.3 Å². The number of nitrogens with one attached hydrogen (secondary N) is 1. The molecule has 0 spiro atoms. The van der Waals surface area contributed by atoms with E-state index in [1.807, 2.05) is 6.92 Å². The Kier molecular flexibility index (Phi) is 6.99. The lowest BCUT2D eigenvalue weighted by Gasteiger charge is -2.37. The lowest BCUT2D eigenvalue weighted by Crippen LogP contribution is -2.46. The van der Waals surface area contributed by atoms with Crippen LogP contribution in [0.15, 0.2) is 42.5 Å². The number of carbonyl (C=O) groups is 1. The highest BCUT2D eigenvalue weighted by molar-refractivity contribution is 5.79. The molecule has 1 heterocycles. The SMILES string of the molecule is CCN1CCN(c2ccc(F)cc2C(C)NC(=O)Cc2ccc([N+](=O)[O-])cc2)CC1. The second kappa shape index (κ2) is 9.67. The number of nitrogens with zero attached hydrogens (tertiary/aromatic N) is 3. The molecule has 1 unspecified atom stereocenters. The van der Waals surface area contributed by atoms with Crippen LogP contribution in [0.1, 0.15) is 31.0 Å². The zero-order valence-corrected chi connectivity index (χ0v) is 17.3. The van der Waals surface area contributed by atoms with Gasteiger partial charge in [0.05, 0.1) is 17.4 Å². The predicted octanol–water partition coefficient (Wildman–Crippen LogP) is 3.30. The lowest BCUT2D eigenvalue weighted by atomic mass is 10.0. The predicted molar refractivity (Wildman–Crippen MR) is 114 cm³/mol. The van der Waals surface area contributed by atoms with Gasteiger partial charge in [0, 0.05) is 49.6 Å². The maximum absolute atomic E-state index is 14.0. The summed E-state index contributed by atoms with van der Waals surface area (Å²) in [4.78, 5) is 27.4. The van der Waals surface area contributed by atoms with E-state index in [0.29, 0.717) is 5.56 Å². The molecule has 0 aliphatic carbocycles. The molecule has 0 radical (unpaired) electrons. The largest absolute Gasteiger partial charge is 0.369 e. The van der Waals surface area contributed by atoms with E-state index in [4.69, 9.17) is 0 Å². The van der Waals surface area contributed by atoms with Crippen molar-refractivity contribution >= 4 is 17.3 Å².